The van der Waals surface area contributed by atoms with Crippen LogP contribution < -0.4 is 16.0 Å². The second-order valence-electron chi connectivity index (χ2n) is 7.37. The molecule has 1 aliphatic carbocycles. The molecule has 0 aliphatic heterocycles. The third kappa shape index (κ3) is 5.21. The van der Waals surface area contributed by atoms with Crippen molar-refractivity contribution in [1.29, 1.82) is 0 Å². The van der Waals surface area contributed by atoms with E-state index in [-0.39, 0.29) is 23.6 Å². The molecule has 7 nitrogen and oxygen atoms in total. The number of nitrogens with one attached hydrogen (secondary N) is 3. The van der Waals surface area contributed by atoms with Gasteiger partial charge in [-0.25, -0.2) is 0 Å². The Hall–Kier alpha value is -3.39. The topological polar surface area (TPSA) is 100 Å². The van der Waals surface area contributed by atoms with Gasteiger partial charge in [0, 0.05) is 28.5 Å². The molecule has 2 aromatic carbocycles. The van der Waals surface area contributed by atoms with Crippen LogP contribution >= 0.6 is 15.9 Å². The van der Waals surface area contributed by atoms with E-state index in [4.69, 9.17) is 4.42 Å². The van der Waals surface area contributed by atoms with Gasteiger partial charge in [-0.2, -0.15) is 0 Å². The van der Waals surface area contributed by atoms with Crippen LogP contribution in [0.3, 0.4) is 0 Å². The Labute approximate surface area is 187 Å². The molecular formula is C23H20BrN3O4. The zero-order valence-corrected chi connectivity index (χ0v) is 18.3. The molecule has 0 bridgehead atoms. The van der Waals surface area contributed by atoms with Crippen LogP contribution in [0, 0.1) is 6.92 Å². The Kier molecular flexibility index (Phi) is 5.90. The first-order valence-electron chi connectivity index (χ1n) is 9.78. The number of halogens is 1. The van der Waals surface area contributed by atoms with Gasteiger partial charge in [0.2, 0.25) is 0 Å². The molecule has 4 rings (SSSR count). The van der Waals surface area contributed by atoms with Crippen molar-refractivity contribution in [2.24, 2.45) is 0 Å². The molecule has 31 heavy (non-hydrogen) atoms. The van der Waals surface area contributed by atoms with Crippen LogP contribution in [-0.4, -0.2) is 23.8 Å². The number of anilines is 2. The van der Waals surface area contributed by atoms with Crippen molar-refractivity contribution in [3.05, 3.63) is 81.7 Å². The zero-order valence-electron chi connectivity index (χ0n) is 16.7. The van der Waals surface area contributed by atoms with E-state index in [2.05, 4.69) is 31.9 Å². The normalized spacial score (nSPS) is 12.8. The van der Waals surface area contributed by atoms with Crippen molar-refractivity contribution < 1.29 is 18.8 Å². The van der Waals surface area contributed by atoms with E-state index in [1.54, 1.807) is 54.6 Å². The highest BCUT2D eigenvalue weighted by atomic mass is 79.9. The molecule has 0 spiro atoms. The molecule has 3 N–H and O–H groups in total. The molecule has 1 heterocycles. The minimum atomic E-state index is -0.423. The number of carbonyl (C=O) groups excluding carboxylic acids is 3. The van der Waals surface area contributed by atoms with Gasteiger partial charge in [-0.3, -0.25) is 14.4 Å². The summed E-state index contributed by atoms with van der Waals surface area (Å²) in [4.78, 5) is 37.4. The monoisotopic (exact) mass is 481 g/mol. The maximum Gasteiger partial charge on any atom is 0.291 e. The van der Waals surface area contributed by atoms with Gasteiger partial charge in [-0.05, 0) is 83.7 Å². The summed E-state index contributed by atoms with van der Waals surface area (Å²) in [6, 6.07) is 15.2. The predicted molar refractivity (Wildman–Crippen MR) is 120 cm³/mol. The van der Waals surface area contributed by atoms with E-state index in [9.17, 15) is 14.4 Å². The SMILES string of the molecule is Cc1ccc(C(=O)NC2CC2)cc1NC(=O)c1cccc(NC(=O)c2ccc(Br)o2)c1. The van der Waals surface area contributed by atoms with Crippen molar-refractivity contribution in [3.8, 4) is 0 Å². The molecule has 0 atom stereocenters. The number of benzene rings is 2. The van der Waals surface area contributed by atoms with Crippen LogP contribution in [-0.2, 0) is 0 Å². The van der Waals surface area contributed by atoms with Crippen LogP contribution in [0.4, 0.5) is 11.4 Å². The lowest BCUT2D eigenvalue weighted by molar-refractivity contribution is 0.0948. The Morgan fingerprint density at radius 1 is 0.903 bits per heavy atom. The summed E-state index contributed by atoms with van der Waals surface area (Å²) in [6.45, 7) is 1.86. The lowest BCUT2D eigenvalue weighted by Gasteiger charge is -2.12. The molecule has 1 aromatic heterocycles. The van der Waals surface area contributed by atoms with Crippen LogP contribution in [0.15, 0.2) is 63.7 Å². The minimum absolute atomic E-state index is 0.146. The summed E-state index contributed by atoms with van der Waals surface area (Å²) in [5.74, 6) is -0.765. The molecule has 1 saturated carbocycles. The average molecular weight is 482 g/mol. The summed E-state index contributed by atoms with van der Waals surface area (Å²) in [5.41, 5.74) is 2.72. The minimum Gasteiger partial charge on any atom is -0.444 e. The fourth-order valence-electron chi connectivity index (χ4n) is 2.96. The lowest BCUT2D eigenvalue weighted by atomic mass is 10.1. The molecule has 0 saturated heterocycles. The van der Waals surface area contributed by atoms with Gasteiger partial charge in [0.1, 0.15) is 0 Å². The summed E-state index contributed by atoms with van der Waals surface area (Å²) < 4.78 is 5.69. The maximum atomic E-state index is 12.8. The molecule has 8 heteroatoms. The van der Waals surface area contributed by atoms with Gasteiger partial charge in [-0.15, -0.1) is 0 Å². The van der Waals surface area contributed by atoms with E-state index in [1.807, 2.05) is 6.92 Å². The van der Waals surface area contributed by atoms with Crippen LogP contribution in [0.5, 0.6) is 0 Å². The highest BCUT2D eigenvalue weighted by molar-refractivity contribution is 9.10. The summed E-state index contributed by atoms with van der Waals surface area (Å²) in [6.07, 6.45) is 2.01. The van der Waals surface area contributed by atoms with Gasteiger partial charge in [0.05, 0.1) is 0 Å². The average Bonchev–Trinajstić information content (AvgIpc) is 3.46. The van der Waals surface area contributed by atoms with Gasteiger partial charge < -0.3 is 20.4 Å². The first kappa shape index (κ1) is 20.9. The quantitative estimate of drug-likeness (QED) is 0.472. The van der Waals surface area contributed by atoms with Crippen LogP contribution in [0.2, 0.25) is 0 Å². The molecule has 158 valence electrons. The van der Waals surface area contributed by atoms with Crippen molar-refractivity contribution >= 4 is 45.0 Å². The number of carbonyl (C=O) groups is 3. The van der Waals surface area contributed by atoms with E-state index >= 15 is 0 Å². The van der Waals surface area contributed by atoms with E-state index in [1.165, 1.54) is 0 Å². The highest BCUT2D eigenvalue weighted by Crippen LogP contribution is 2.22. The Balaban J connectivity index is 1.46. The highest BCUT2D eigenvalue weighted by Gasteiger charge is 2.24. The first-order valence-corrected chi connectivity index (χ1v) is 10.6. The Morgan fingerprint density at radius 3 is 2.39 bits per heavy atom. The fourth-order valence-corrected chi connectivity index (χ4v) is 3.26. The number of amides is 3. The number of hydrogen-bond donors (Lipinski definition) is 3. The largest absolute Gasteiger partial charge is 0.444 e. The van der Waals surface area contributed by atoms with Gasteiger partial charge in [0.25, 0.3) is 17.7 Å². The number of furan rings is 1. The van der Waals surface area contributed by atoms with Crippen molar-refractivity contribution in [1.82, 2.24) is 5.32 Å². The number of hydrogen-bond acceptors (Lipinski definition) is 4. The summed E-state index contributed by atoms with van der Waals surface area (Å²) in [5, 5.41) is 8.49. The maximum absolute atomic E-state index is 12.8. The van der Waals surface area contributed by atoms with Crippen molar-refractivity contribution in [2.75, 3.05) is 10.6 Å². The predicted octanol–water partition coefficient (Wildman–Crippen LogP) is 4.75. The number of aryl methyl sites for hydroxylation is 1. The van der Waals surface area contributed by atoms with Crippen molar-refractivity contribution in [3.63, 3.8) is 0 Å². The Morgan fingerprint density at radius 2 is 1.68 bits per heavy atom. The smallest absolute Gasteiger partial charge is 0.291 e. The molecule has 1 fully saturated rings. The van der Waals surface area contributed by atoms with Crippen LogP contribution in [0.25, 0.3) is 0 Å². The zero-order chi connectivity index (χ0) is 22.0. The Bertz CT molecular complexity index is 1170. The molecule has 0 unspecified atom stereocenters. The summed E-state index contributed by atoms with van der Waals surface area (Å²) in [7, 11) is 0. The summed E-state index contributed by atoms with van der Waals surface area (Å²) >= 11 is 3.16. The van der Waals surface area contributed by atoms with E-state index in [0.29, 0.717) is 27.2 Å². The third-order valence-electron chi connectivity index (χ3n) is 4.84. The molecular weight excluding hydrogens is 462 g/mol. The van der Waals surface area contributed by atoms with E-state index < -0.39 is 5.91 Å². The molecule has 3 amide bonds. The fraction of sp³-hybridized carbons (Fsp3) is 0.174. The van der Waals surface area contributed by atoms with E-state index in [0.717, 1.165) is 18.4 Å². The second kappa shape index (κ2) is 8.77. The van der Waals surface area contributed by atoms with Crippen LogP contribution in [0.1, 0.15) is 49.7 Å². The molecule has 1 aliphatic rings. The second-order valence-corrected chi connectivity index (χ2v) is 8.15. The number of rotatable bonds is 6. The first-order chi connectivity index (χ1) is 14.9. The van der Waals surface area contributed by atoms with Crippen molar-refractivity contribution in [2.45, 2.75) is 25.8 Å². The lowest BCUT2D eigenvalue weighted by Crippen LogP contribution is -2.25. The van der Waals surface area contributed by atoms with Gasteiger partial charge >= 0.3 is 0 Å². The standard InChI is InChI=1S/C23H20BrN3O4/c1-13-5-6-15(21(28)25-16-7-8-16)12-18(13)27-22(29)14-3-2-4-17(11-14)26-23(30)19-9-10-20(24)31-19/h2-6,9-12,16H,7-8H2,1H3,(H,25,28)(H,26,30)(H,27,29). The molecule has 0 radical (unpaired) electrons. The molecule has 3 aromatic rings. The van der Waals surface area contributed by atoms with Gasteiger partial charge in [0.15, 0.2) is 10.4 Å². The third-order valence-corrected chi connectivity index (χ3v) is 5.27. The van der Waals surface area contributed by atoms with Gasteiger partial charge in [-0.1, -0.05) is 12.1 Å².